The molecule has 0 saturated carbocycles. The molecule has 0 spiro atoms. The maximum Gasteiger partial charge on any atom is 0.156 e. The van der Waals surface area contributed by atoms with Crippen molar-refractivity contribution >= 4 is 34.8 Å². The number of unbranched alkanes of at least 4 members (excludes halogenated alkanes) is 3. The van der Waals surface area contributed by atoms with Gasteiger partial charge in [-0.1, -0.05) is 41.2 Å². The van der Waals surface area contributed by atoms with Crippen LogP contribution in [0.1, 0.15) is 25.7 Å². The minimum absolute atomic E-state index is 0.246. The zero-order valence-corrected chi connectivity index (χ0v) is 11.7. The average Bonchev–Trinajstić information content (AvgIpc) is 2.26. The standard InChI is InChI=1S/C12H15Cl3O2/c13-9-7-10(14)12(11(15)8-9)17-6-4-2-1-3-5-16/h7-8,16H,1-6H2. The van der Waals surface area contributed by atoms with Gasteiger partial charge in [-0.3, -0.25) is 0 Å². The molecule has 1 N–H and O–H groups in total. The van der Waals surface area contributed by atoms with Crippen molar-refractivity contribution in [3.8, 4) is 5.75 Å². The van der Waals surface area contributed by atoms with Crippen LogP contribution in [0, 0.1) is 0 Å². The molecule has 1 aromatic carbocycles. The van der Waals surface area contributed by atoms with Crippen LogP contribution in [0.2, 0.25) is 15.1 Å². The van der Waals surface area contributed by atoms with E-state index in [1.54, 1.807) is 12.1 Å². The van der Waals surface area contributed by atoms with Gasteiger partial charge in [-0.05, 0) is 31.4 Å². The Kier molecular flexibility index (Phi) is 7.05. The molecule has 0 radical (unpaired) electrons. The van der Waals surface area contributed by atoms with Crippen LogP contribution >= 0.6 is 34.8 Å². The van der Waals surface area contributed by atoms with Crippen LogP contribution in [0.15, 0.2) is 12.1 Å². The third kappa shape index (κ3) is 5.35. The van der Waals surface area contributed by atoms with E-state index in [0.29, 0.717) is 27.4 Å². The maximum atomic E-state index is 8.62. The van der Waals surface area contributed by atoms with E-state index in [9.17, 15) is 0 Å². The summed E-state index contributed by atoms with van der Waals surface area (Å²) in [6, 6.07) is 3.21. The maximum absolute atomic E-state index is 8.62. The second kappa shape index (κ2) is 8.04. The summed E-state index contributed by atoms with van der Waals surface area (Å²) in [6.07, 6.45) is 3.77. The number of aliphatic hydroxyl groups is 1. The molecular formula is C12H15Cl3O2. The van der Waals surface area contributed by atoms with Gasteiger partial charge in [0.2, 0.25) is 0 Å². The van der Waals surface area contributed by atoms with Crippen LogP contribution in [-0.4, -0.2) is 18.3 Å². The van der Waals surface area contributed by atoms with Gasteiger partial charge >= 0.3 is 0 Å². The predicted molar refractivity (Wildman–Crippen MR) is 72.5 cm³/mol. The second-order valence-electron chi connectivity index (χ2n) is 3.68. The lowest BCUT2D eigenvalue weighted by molar-refractivity contribution is 0.273. The van der Waals surface area contributed by atoms with Gasteiger partial charge in [-0.25, -0.2) is 0 Å². The molecule has 1 aromatic rings. The molecule has 0 saturated heterocycles. The smallest absolute Gasteiger partial charge is 0.156 e. The molecule has 0 aliphatic heterocycles. The van der Waals surface area contributed by atoms with E-state index in [0.717, 1.165) is 25.7 Å². The Hall–Kier alpha value is -0.150. The number of halogens is 3. The summed E-state index contributed by atoms with van der Waals surface area (Å²) in [6.45, 7) is 0.808. The summed E-state index contributed by atoms with van der Waals surface area (Å²) in [5, 5.41) is 9.97. The Bertz CT molecular complexity index is 333. The molecule has 1 rings (SSSR count). The Balaban J connectivity index is 2.36. The first kappa shape index (κ1) is 14.9. The summed E-state index contributed by atoms with van der Waals surface area (Å²) < 4.78 is 5.52. The molecule has 0 unspecified atom stereocenters. The molecule has 0 heterocycles. The minimum atomic E-state index is 0.246. The molecule has 0 amide bonds. The van der Waals surface area contributed by atoms with Crippen LogP contribution in [0.4, 0.5) is 0 Å². The molecule has 0 aliphatic carbocycles. The fourth-order valence-corrected chi connectivity index (χ4v) is 2.33. The van der Waals surface area contributed by atoms with E-state index in [4.69, 9.17) is 44.6 Å². The lowest BCUT2D eigenvalue weighted by atomic mass is 10.2. The second-order valence-corrected chi connectivity index (χ2v) is 4.94. The molecule has 2 nitrogen and oxygen atoms in total. The van der Waals surface area contributed by atoms with Gasteiger partial charge in [0.05, 0.1) is 16.7 Å². The van der Waals surface area contributed by atoms with Crippen molar-refractivity contribution in [2.45, 2.75) is 25.7 Å². The van der Waals surface area contributed by atoms with E-state index >= 15 is 0 Å². The van der Waals surface area contributed by atoms with E-state index in [-0.39, 0.29) is 6.61 Å². The monoisotopic (exact) mass is 296 g/mol. The van der Waals surface area contributed by atoms with Gasteiger partial charge in [0.1, 0.15) is 0 Å². The molecule has 0 aliphatic rings. The first-order chi connectivity index (χ1) is 8.15. The topological polar surface area (TPSA) is 29.5 Å². The van der Waals surface area contributed by atoms with Gasteiger partial charge in [0, 0.05) is 11.6 Å². The largest absolute Gasteiger partial charge is 0.490 e. The first-order valence-electron chi connectivity index (χ1n) is 5.53. The average molecular weight is 298 g/mol. The molecule has 17 heavy (non-hydrogen) atoms. The highest BCUT2D eigenvalue weighted by atomic mass is 35.5. The van der Waals surface area contributed by atoms with Gasteiger partial charge in [-0.2, -0.15) is 0 Å². The van der Waals surface area contributed by atoms with E-state index < -0.39 is 0 Å². The van der Waals surface area contributed by atoms with Crippen molar-refractivity contribution in [1.29, 1.82) is 0 Å². The van der Waals surface area contributed by atoms with Crippen LogP contribution in [-0.2, 0) is 0 Å². The number of hydrogen-bond acceptors (Lipinski definition) is 2. The molecule has 0 fully saturated rings. The number of hydrogen-bond donors (Lipinski definition) is 1. The van der Waals surface area contributed by atoms with Crippen molar-refractivity contribution in [3.05, 3.63) is 27.2 Å². The van der Waals surface area contributed by atoms with Gasteiger partial charge in [0.15, 0.2) is 5.75 Å². The summed E-state index contributed by atoms with van der Waals surface area (Å²) in [5.74, 6) is 0.486. The molecule has 0 atom stereocenters. The summed E-state index contributed by atoms with van der Waals surface area (Å²) >= 11 is 17.7. The highest BCUT2D eigenvalue weighted by Gasteiger charge is 2.08. The van der Waals surface area contributed by atoms with Gasteiger partial charge in [0.25, 0.3) is 0 Å². The first-order valence-corrected chi connectivity index (χ1v) is 6.66. The zero-order chi connectivity index (χ0) is 12.7. The summed E-state index contributed by atoms with van der Waals surface area (Å²) in [4.78, 5) is 0. The molecule has 96 valence electrons. The summed E-state index contributed by atoms with van der Waals surface area (Å²) in [5.41, 5.74) is 0. The zero-order valence-electron chi connectivity index (χ0n) is 9.39. The molecule has 0 aromatic heterocycles. The van der Waals surface area contributed by atoms with Crippen LogP contribution < -0.4 is 4.74 Å². The lowest BCUT2D eigenvalue weighted by Gasteiger charge is -2.10. The molecular weight excluding hydrogens is 282 g/mol. The van der Waals surface area contributed by atoms with E-state index in [2.05, 4.69) is 0 Å². The number of ether oxygens (including phenoxy) is 1. The Morgan fingerprint density at radius 1 is 0.941 bits per heavy atom. The van der Waals surface area contributed by atoms with Gasteiger partial charge in [-0.15, -0.1) is 0 Å². The molecule has 5 heteroatoms. The quantitative estimate of drug-likeness (QED) is 0.747. The van der Waals surface area contributed by atoms with Gasteiger partial charge < -0.3 is 9.84 Å². The van der Waals surface area contributed by atoms with Crippen molar-refractivity contribution in [2.24, 2.45) is 0 Å². The van der Waals surface area contributed by atoms with Crippen molar-refractivity contribution < 1.29 is 9.84 Å². The minimum Gasteiger partial charge on any atom is -0.490 e. The number of aliphatic hydroxyl groups excluding tert-OH is 1. The molecule has 0 bridgehead atoms. The summed E-state index contributed by atoms with van der Waals surface area (Å²) in [7, 11) is 0. The number of rotatable bonds is 7. The Labute approximate surface area is 116 Å². The van der Waals surface area contributed by atoms with E-state index in [1.165, 1.54) is 0 Å². The normalized spacial score (nSPS) is 10.6. The number of benzene rings is 1. The van der Waals surface area contributed by atoms with Crippen molar-refractivity contribution in [3.63, 3.8) is 0 Å². The fourth-order valence-electron chi connectivity index (χ4n) is 1.41. The van der Waals surface area contributed by atoms with Crippen LogP contribution in [0.25, 0.3) is 0 Å². The van der Waals surface area contributed by atoms with Crippen LogP contribution in [0.3, 0.4) is 0 Å². The third-order valence-electron chi connectivity index (χ3n) is 2.26. The lowest BCUT2D eigenvalue weighted by Crippen LogP contribution is -1.99. The Morgan fingerprint density at radius 2 is 1.53 bits per heavy atom. The predicted octanol–water partition coefficient (Wildman–Crippen LogP) is 4.58. The third-order valence-corrected chi connectivity index (χ3v) is 3.04. The van der Waals surface area contributed by atoms with Crippen LogP contribution in [0.5, 0.6) is 5.75 Å². The van der Waals surface area contributed by atoms with Crippen molar-refractivity contribution in [1.82, 2.24) is 0 Å². The van der Waals surface area contributed by atoms with Crippen molar-refractivity contribution in [2.75, 3.05) is 13.2 Å². The SMILES string of the molecule is OCCCCCCOc1c(Cl)cc(Cl)cc1Cl. The highest BCUT2D eigenvalue weighted by molar-refractivity contribution is 6.40. The Morgan fingerprint density at radius 3 is 2.12 bits per heavy atom. The fraction of sp³-hybridized carbons (Fsp3) is 0.500. The highest BCUT2D eigenvalue weighted by Crippen LogP contribution is 2.35. The van der Waals surface area contributed by atoms with E-state index in [1.807, 2.05) is 0 Å².